The van der Waals surface area contributed by atoms with Crippen LogP contribution in [0.15, 0.2) is 42.7 Å². The predicted molar refractivity (Wildman–Crippen MR) is 140 cm³/mol. The number of carbonyl (C=O) groups is 2. The smallest absolute Gasteiger partial charge is 0.310 e. The van der Waals surface area contributed by atoms with Gasteiger partial charge in [0, 0.05) is 43.0 Å². The molecule has 1 aromatic heterocycles. The molecule has 2 aliphatic carbocycles. The number of carboxylic acids is 1. The summed E-state index contributed by atoms with van der Waals surface area (Å²) in [4.78, 5) is 34.1. The number of carbonyl (C=O) groups excluding carboxylic acids is 1. The molecule has 1 N–H and O–H groups in total. The molecule has 1 atom stereocenters. The first-order valence-electron chi connectivity index (χ1n) is 13.6. The van der Waals surface area contributed by atoms with Gasteiger partial charge in [0.05, 0.1) is 5.92 Å². The summed E-state index contributed by atoms with van der Waals surface area (Å²) in [5.74, 6) is 2.19. The molecule has 6 heteroatoms. The standard InChI is InChI=1S/C30H37N3O3/c1-20-2-7-22(8-3-20)23-11-13-24(14-12-23)26-16-31-29(32-17-26)25-9-4-21(5-10-25)6-15-28(34)33-18-27(19-33)30(35)36/h4-5,9-10,13,16-17,20,22-23,27H,2-3,6-8,11-12,14-15,18-19H2,1H3,(H,35,36). The van der Waals surface area contributed by atoms with E-state index in [4.69, 9.17) is 5.11 Å². The van der Waals surface area contributed by atoms with E-state index in [9.17, 15) is 9.59 Å². The number of aliphatic carboxylic acids is 1. The number of rotatable bonds is 7. The van der Waals surface area contributed by atoms with Crippen LogP contribution in [0.2, 0.25) is 0 Å². The molecule has 1 amide bonds. The Hall–Kier alpha value is -3.02. The third-order valence-electron chi connectivity index (χ3n) is 8.62. The first-order chi connectivity index (χ1) is 17.5. The molecule has 36 heavy (non-hydrogen) atoms. The number of amides is 1. The Morgan fingerprint density at radius 1 is 0.944 bits per heavy atom. The van der Waals surface area contributed by atoms with Gasteiger partial charge in [-0.2, -0.15) is 0 Å². The van der Waals surface area contributed by atoms with E-state index in [2.05, 4.69) is 23.0 Å². The lowest BCUT2D eigenvalue weighted by Gasteiger charge is -2.36. The Kier molecular flexibility index (Phi) is 7.49. The fourth-order valence-corrected chi connectivity index (χ4v) is 6.01. The quantitative estimate of drug-likeness (QED) is 0.547. The lowest BCUT2D eigenvalue weighted by atomic mass is 9.71. The highest BCUT2D eigenvalue weighted by molar-refractivity contribution is 5.81. The second kappa shape index (κ2) is 10.9. The Morgan fingerprint density at radius 2 is 1.64 bits per heavy atom. The summed E-state index contributed by atoms with van der Waals surface area (Å²) >= 11 is 0. The van der Waals surface area contributed by atoms with Crippen molar-refractivity contribution >= 4 is 17.4 Å². The Labute approximate surface area is 213 Å². The number of allylic oxidation sites excluding steroid dienone is 2. The topological polar surface area (TPSA) is 83.4 Å². The Bertz CT molecular complexity index is 1100. The van der Waals surface area contributed by atoms with Gasteiger partial charge in [-0.15, -0.1) is 0 Å². The van der Waals surface area contributed by atoms with Crippen molar-refractivity contribution in [2.75, 3.05) is 13.1 Å². The van der Waals surface area contributed by atoms with Crippen LogP contribution >= 0.6 is 0 Å². The van der Waals surface area contributed by atoms with Gasteiger partial charge in [-0.05, 0) is 67.4 Å². The third kappa shape index (κ3) is 5.69. The number of hydrogen-bond donors (Lipinski definition) is 1. The number of benzene rings is 1. The summed E-state index contributed by atoms with van der Waals surface area (Å²) in [6, 6.07) is 8.06. The number of hydrogen-bond acceptors (Lipinski definition) is 4. The van der Waals surface area contributed by atoms with Gasteiger partial charge < -0.3 is 10.0 Å². The maximum atomic E-state index is 12.2. The SMILES string of the molecule is CC1CCC(C2CC=C(c3cnc(-c4ccc(CCC(=O)N5CC(C(=O)O)C5)cc4)nc3)CC2)CC1. The zero-order chi connectivity index (χ0) is 25.1. The minimum atomic E-state index is -0.821. The number of carboxylic acid groups (broad SMARTS) is 1. The molecule has 2 aromatic rings. The molecule has 3 aliphatic rings. The van der Waals surface area contributed by atoms with E-state index in [1.807, 2.05) is 36.7 Å². The number of likely N-dealkylation sites (tertiary alicyclic amines) is 1. The molecular weight excluding hydrogens is 450 g/mol. The summed E-state index contributed by atoms with van der Waals surface area (Å²) in [7, 11) is 0. The molecule has 5 rings (SSSR count). The highest BCUT2D eigenvalue weighted by atomic mass is 16.4. The average Bonchev–Trinajstić information content (AvgIpc) is 2.87. The first kappa shape index (κ1) is 24.7. The van der Waals surface area contributed by atoms with Gasteiger partial charge in [0.25, 0.3) is 0 Å². The molecule has 2 heterocycles. The molecule has 2 fully saturated rings. The van der Waals surface area contributed by atoms with Crippen LogP contribution in [0.5, 0.6) is 0 Å². The first-order valence-corrected chi connectivity index (χ1v) is 13.6. The van der Waals surface area contributed by atoms with Crippen LogP contribution in [0.25, 0.3) is 17.0 Å². The maximum absolute atomic E-state index is 12.2. The van der Waals surface area contributed by atoms with Crippen LogP contribution in [0.1, 0.15) is 69.4 Å². The number of aromatic nitrogens is 2. The van der Waals surface area contributed by atoms with E-state index in [1.165, 1.54) is 44.1 Å². The van der Waals surface area contributed by atoms with Crippen LogP contribution in [0, 0.1) is 23.7 Å². The van der Waals surface area contributed by atoms with Crippen molar-refractivity contribution in [1.82, 2.24) is 14.9 Å². The lowest BCUT2D eigenvalue weighted by Crippen LogP contribution is -2.53. The highest BCUT2D eigenvalue weighted by Gasteiger charge is 2.35. The van der Waals surface area contributed by atoms with Gasteiger partial charge >= 0.3 is 5.97 Å². The van der Waals surface area contributed by atoms with Crippen molar-refractivity contribution in [3.05, 3.63) is 53.9 Å². The van der Waals surface area contributed by atoms with E-state index < -0.39 is 11.9 Å². The molecule has 1 saturated carbocycles. The zero-order valence-electron chi connectivity index (χ0n) is 21.2. The molecule has 0 radical (unpaired) electrons. The zero-order valence-corrected chi connectivity index (χ0v) is 21.2. The normalized spacial score (nSPS) is 24.6. The van der Waals surface area contributed by atoms with Gasteiger partial charge in [0.15, 0.2) is 5.82 Å². The van der Waals surface area contributed by atoms with Crippen molar-refractivity contribution < 1.29 is 14.7 Å². The van der Waals surface area contributed by atoms with Crippen molar-refractivity contribution in [3.8, 4) is 11.4 Å². The molecule has 0 bridgehead atoms. The molecule has 1 aromatic carbocycles. The second-order valence-electron chi connectivity index (χ2n) is 11.1. The van der Waals surface area contributed by atoms with Crippen molar-refractivity contribution in [1.29, 1.82) is 0 Å². The number of aryl methyl sites for hydroxylation is 1. The van der Waals surface area contributed by atoms with Crippen LogP contribution in [-0.4, -0.2) is 44.9 Å². The van der Waals surface area contributed by atoms with E-state index in [0.29, 0.717) is 31.8 Å². The maximum Gasteiger partial charge on any atom is 0.310 e. The van der Waals surface area contributed by atoms with Crippen LogP contribution in [-0.2, 0) is 16.0 Å². The van der Waals surface area contributed by atoms with Gasteiger partial charge in [0.1, 0.15) is 0 Å². The minimum Gasteiger partial charge on any atom is -0.481 e. The van der Waals surface area contributed by atoms with Gasteiger partial charge in [-0.3, -0.25) is 9.59 Å². The van der Waals surface area contributed by atoms with Crippen molar-refractivity contribution in [3.63, 3.8) is 0 Å². The number of nitrogens with zero attached hydrogens (tertiary/aromatic N) is 3. The van der Waals surface area contributed by atoms with Crippen molar-refractivity contribution in [2.24, 2.45) is 23.7 Å². The highest BCUT2D eigenvalue weighted by Crippen LogP contribution is 2.41. The summed E-state index contributed by atoms with van der Waals surface area (Å²) in [6.07, 6.45) is 16.6. The molecule has 1 unspecified atom stereocenters. The van der Waals surface area contributed by atoms with Crippen LogP contribution in [0.3, 0.4) is 0 Å². The summed E-state index contributed by atoms with van der Waals surface area (Å²) in [5.41, 5.74) is 4.57. The molecular formula is C30H37N3O3. The minimum absolute atomic E-state index is 0.0205. The monoisotopic (exact) mass is 487 g/mol. The van der Waals surface area contributed by atoms with E-state index in [0.717, 1.165) is 40.9 Å². The van der Waals surface area contributed by atoms with E-state index in [1.54, 1.807) is 4.90 Å². The van der Waals surface area contributed by atoms with Gasteiger partial charge in [0.2, 0.25) is 5.91 Å². The van der Waals surface area contributed by atoms with Crippen molar-refractivity contribution in [2.45, 2.75) is 64.7 Å². The summed E-state index contributed by atoms with van der Waals surface area (Å²) < 4.78 is 0. The van der Waals surface area contributed by atoms with Crippen LogP contribution < -0.4 is 0 Å². The summed E-state index contributed by atoms with van der Waals surface area (Å²) in [5, 5.41) is 8.95. The molecule has 190 valence electrons. The van der Waals surface area contributed by atoms with E-state index in [-0.39, 0.29) is 5.91 Å². The molecule has 6 nitrogen and oxygen atoms in total. The third-order valence-corrected chi connectivity index (χ3v) is 8.62. The largest absolute Gasteiger partial charge is 0.481 e. The second-order valence-corrected chi connectivity index (χ2v) is 11.1. The van der Waals surface area contributed by atoms with E-state index >= 15 is 0 Å². The Morgan fingerprint density at radius 3 is 2.25 bits per heavy atom. The van der Waals surface area contributed by atoms with Gasteiger partial charge in [-0.25, -0.2) is 9.97 Å². The summed E-state index contributed by atoms with van der Waals surface area (Å²) in [6.45, 7) is 3.06. The van der Waals surface area contributed by atoms with Gasteiger partial charge in [-0.1, -0.05) is 50.1 Å². The predicted octanol–water partition coefficient (Wildman–Crippen LogP) is 5.63. The Balaban J connectivity index is 1.12. The fourth-order valence-electron chi connectivity index (χ4n) is 6.01. The molecule has 1 aliphatic heterocycles. The fraction of sp³-hybridized carbons (Fsp3) is 0.533. The van der Waals surface area contributed by atoms with Crippen LogP contribution in [0.4, 0.5) is 0 Å². The molecule has 1 saturated heterocycles. The lowest BCUT2D eigenvalue weighted by molar-refractivity contribution is -0.152. The average molecular weight is 488 g/mol. The molecule has 0 spiro atoms.